The molecule has 0 aliphatic carbocycles. The van der Waals surface area contributed by atoms with Crippen molar-refractivity contribution < 1.29 is 14.1 Å². The first kappa shape index (κ1) is 27.2. The molecule has 0 fully saturated rings. The lowest BCUT2D eigenvalue weighted by atomic mass is 9.96. The van der Waals surface area contributed by atoms with Crippen LogP contribution in [0.5, 0.6) is 0 Å². The molecule has 0 amide bonds. The van der Waals surface area contributed by atoms with Crippen LogP contribution in [0.15, 0.2) is 76.3 Å². The van der Waals surface area contributed by atoms with E-state index in [1.54, 1.807) is 57.3 Å². The van der Waals surface area contributed by atoms with E-state index in [-0.39, 0.29) is 18.2 Å². The first-order chi connectivity index (χ1) is 19.1. The highest BCUT2D eigenvalue weighted by atomic mass is 35.5. The minimum absolute atomic E-state index is 0.0251. The van der Waals surface area contributed by atoms with Gasteiger partial charge in [0, 0.05) is 40.3 Å². The molecular formula is C28H25ClN6O4S. The molecule has 0 aromatic carbocycles. The molecule has 0 aliphatic heterocycles. The van der Waals surface area contributed by atoms with E-state index in [0.29, 0.717) is 39.3 Å². The monoisotopic (exact) mass is 576 g/mol. The molecule has 0 atom stereocenters. The number of carbonyl (C=O) groups is 2. The van der Waals surface area contributed by atoms with Gasteiger partial charge in [-0.3, -0.25) is 23.9 Å². The average Bonchev–Trinajstić information content (AvgIpc) is 3.69. The van der Waals surface area contributed by atoms with E-state index in [1.165, 1.54) is 38.9 Å². The number of halogens is 1. The predicted molar refractivity (Wildman–Crippen MR) is 153 cm³/mol. The summed E-state index contributed by atoms with van der Waals surface area (Å²) < 4.78 is 8.26. The van der Waals surface area contributed by atoms with Gasteiger partial charge in [0.05, 0.1) is 35.0 Å². The number of pyridine rings is 2. The van der Waals surface area contributed by atoms with E-state index in [9.17, 15) is 14.4 Å². The van der Waals surface area contributed by atoms with Crippen LogP contribution in [-0.4, -0.2) is 36.2 Å². The second-order valence-electron chi connectivity index (χ2n) is 10.0. The first-order valence-corrected chi connectivity index (χ1v) is 13.5. The molecule has 0 bridgehead atoms. The fourth-order valence-corrected chi connectivity index (χ4v) is 4.99. The van der Waals surface area contributed by atoms with Gasteiger partial charge in [-0.2, -0.15) is 9.78 Å². The van der Waals surface area contributed by atoms with Crippen molar-refractivity contribution in [1.82, 2.24) is 24.5 Å². The molecular weight excluding hydrogens is 552 g/mol. The number of nitrogens with one attached hydrogen (secondary N) is 1. The molecule has 0 spiro atoms. The minimum atomic E-state index is -0.746. The average molecular weight is 577 g/mol. The van der Waals surface area contributed by atoms with Gasteiger partial charge in [0.2, 0.25) is 11.5 Å². The van der Waals surface area contributed by atoms with Crippen molar-refractivity contribution in [3.05, 3.63) is 92.3 Å². The Morgan fingerprint density at radius 3 is 2.52 bits per heavy atom. The van der Waals surface area contributed by atoms with Crippen molar-refractivity contribution in [3.63, 3.8) is 0 Å². The highest BCUT2D eigenvalue weighted by molar-refractivity contribution is 7.16. The number of carbonyl (C=O) groups excluding carboxylic acids is 2. The summed E-state index contributed by atoms with van der Waals surface area (Å²) in [5.41, 5.74) is 0.596. The summed E-state index contributed by atoms with van der Waals surface area (Å²) in [4.78, 5) is 45.1. The fourth-order valence-electron chi connectivity index (χ4n) is 3.96. The molecule has 10 nitrogen and oxygen atoms in total. The Balaban J connectivity index is 1.64. The van der Waals surface area contributed by atoms with Gasteiger partial charge in [-0.05, 0) is 30.3 Å². The van der Waals surface area contributed by atoms with Gasteiger partial charge < -0.3 is 9.84 Å². The molecule has 5 aromatic rings. The maximum Gasteiger partial charge on any atom is 0.254 e. The summed E-state index contributed by atoms with van der Waals surface area (Å²) >= 11 is 7.51. The van der Waals surface area contributed by atoms with Gasteiger partial charge in [0.25, 0.3) is 11.5 Å². The zero-order valence-electron chi connectivity index (χ0n) is 21.9. The Hall–Kier alpha value is -4.35. The Kier molecular flexibility index (Phi) is 7.51. The highest BCUT2D eigenvalue weighted by Gasteiger charge is 2.28. The zero-order valence-corrected chi connectivity index (χ0v) is 23.5. The van der Waals surface area contributed by atoms with Gasteiger partial charge in [-0.1, -0.05) is 43.6 Å². The summed E-state index contributed by atoms with van der Waals surface area (Å²) in [5.74, 6) is -0.233. The molecule has 1 N–H and O–H groups in total. The molecule has 40 heavy (non-hydrogen) atoms. The topological polar surface area (TPSA) is 125 Å². The number of ketones is 1. The van der Waals surface area contributed by atoms with Crippen LogP contribution in [0.4, 0.5) is 5.82 Å². The van der Waals surface area contributed by atoms with Crippen LogP contribution in [0.1, 0.15) is 41.0 Å². The Labute approximate surface area is 238 Å². The number of hydrogen-bond donors (Lipinski definition) is 1. The van der Waals surface area contributed by atoms with E-state index in [2.05, 4.69) is 20.6 Å². The number of thiophene rings is 1. The lowest BCUT2D eigenvalue weighted by Gasteiger charge is -2.18. The standard InChI is InChI=1S/C28H25ClN6O4S/c1-28(2,3)27(38)35-25(31-15-18-7-8-24(29)40-18)14-20(33-35)21-12-17(19-6-4-5-10-30-19)13-26(37)34(21)16-22(36)23-9-11-32-39-23/h4-14,31H,15-16H2,1-3H3. The van der Waals surface area contributed by atoms with Crippen molar-refractivity contribution in [2.45, 2.75) is 33.9 Å². The third-order valence-electron chi connectivity index (χ3n) is 5.98. The maximum absolute atomic E-state index is 13.4. The fraction of sp³-hybridized carbons (Fsp3) is 0.214. The normalized spacial score (nSPS) is 11.5. The number of aromatic nitrogens is 5. The van der Waals surface area contributed by atoms with E-state index < -0.39 is 16.8 Å². The smallest absolute Gasteiger partial charge is 0.254 e. The summed E-state index contributed by atoms with van der Waals surface area (Å²) in [5, 5.41) is 11.5. The van der Waals surface area contributed by atoms with Crippen LogP contribution < -0.4 is 10.9 Å². The summed E-state index contributed by atoms with van der Waals surface area (Å²) in [6, 6.07) is 15.3. The molecule has 12 heteroatoms. The second kappa shape index (κ2) is 11.0. The molecule has 5 heterocycles. The largest absolute Gasteiger partial charge is 0.365 e. The van der Waals surface area contributed by atoms with Crippen LogP contribution in [-0.2, 0) is 13.1 Å². The Morgan fingerprint density at radius 2 is 1.88 bits per heavy atom. The van der Waals surface area contributed by atoms with Crippen molar-refractivity contribution in [1.29, 1.82) is 0 Å². The molecule has 5 rings (SSSR count). The maximum atomic E-state index is 13.4. The molecule has 0 saturated heterocycles. The molecule has 5 aromatic heterocycles. The molecule has 204 valence electrons. The summed E-state index contributed by atoms with van der Waals surface area (Å²) in [6.45, 7) is 5.49. The summed E-state index contributed by atoms with van der Waals surface area (Å²) in [6.07, 6.45) is 2.99. The number of rotatable bonds is 8. The third kappa shape index (κ3) is 5.80. The number of Topliss-reactive ketones (excluding diaryl/α,β-unsaturated/α-hetero) is 1. The SMILES string of the molecule is CC(C)(C)C(=O)n1nc(-c2cc(-c3ccccn3)cc(=O)n2CC(=O)c2ccno2)cc1NCc1ccc(Cl)s1. The lowest BCUT2D eigenvalue weighted by molar-refractivity contribution is 0.0752. The lowest BCUT2D eigenvalue weighted by Crippen LogP contribution is -2.29. The number of hydrogen-bond acceptors (Lipinski definition) is 9. The molecule has 0 radical (unpaired) electrons. The van der Waals surface area contributed by atoms with Crippen LogP contribution in [0, 0.1) is 5.41 Å². The van der Waals surface area contributed by atoms with Gasteiger partial charge in [0.15, 0.2) is 0 Å². The molecule has 0 saturated carbocycles. The Bertz CT molecular complexity index is 1730. The predicted octanol–water partition coefficient (Wildman–Crippen LogP) is 5.66. The van der Waals surface area contributed by atoms with Crippen LogP contribution in [0.2, 0.25) is 4.34 Å². The van der Waals surface area contributed by atoms with Crippen molar-refractivity contribution in [2.75, 3.05) is 5.32 Å². The van der Waals surface area contributed by atoms with Gasteiger partial charge in [-0.25, -0.2) is 0 Å². The van der Waals surface area contributed by atoms with Gasteiger partial charge >= 0.3 is 0 Å². The van der Waals surface area contributed by atoms with Crippen molar-refractivity contribution in [2.24, 2.45) is 5.41 Å². The van der Waals surface area contributed by atoms with Crippen LogP contribution in [0.25, 0.3) is 22.6 Å². The third-order valence-corrected chi connectivity index (χ3v) is 7.21. The Morgan fingerprint density at radius 1 is 1.05 bits per heavy atom. The van der Waals surface area contributed by atoms with Gasteiger partial charge in [-0.15, -0.1) is 11.3 Å². The van der Waals surface area contributed by atoms with Crippen LogP contribution in [0.3, 0.4) is 0 Å². The highest BCUT2D eigenvalue weighted by Crippen LogP contribution is 2.29. The second-order valence-corrected chi connectivity index (χ2v) is 11.8. The quantitative estimate of drug-likeness (QED) is 0.235. The summed E-state index contributed by atoms with van der Waals surface area (Å²) in [7, 11) is 0. The zero-order chi connectivity index (χ0) is 28.4. The van der Waals surface area contributed by atoms with E-state index in [0.717, 1.165) is 4.88 Å². The van der Waals surface area contributed by atoms with Crippen molar-refractivity contribution >= 4 is 40.4 Å². The van der Waals surface area contributed by atoms with Crippen LogP contribution >= 0.6 is 22.9 Å². The molecule has 0 aliphatic rings. The molecule has 0 unspecified atom stereocenters. The van der Waals surface area contributed by atoms with Gasteiger partial charge in [0.1, 0.15) is 11.5 Å². The van der Waals surface area contributed by atoms with Crippen molar-refractivity contribution in [3.8, 4) is 22.6 Å². The minimum Gasteiger partial charge on any atom is -0.365 e. The first-order valence-electron chi connectivity index (χ1n) is 12.3. The van der Waals surface area contributed by atoms with E-state index in [4.69, 9.17) is 16.1 Å². The van der Waals surface area contributed by atoms with E-state index >= 15 is 0 Å². The number of nitrogens with zero attached hydrogens (tertiary/aromatic N) is 5. The van der Waals surface area contributed by atoms with E-state index in [1.807, 2.05) is 12.1 Å². The number of anilines is 1.